The van der Waals surface area contributed by atoms with E-state index in [2.05, 4.69) is 30.2 Å². The molecular formula is C17H28N4O. The van der Waals surface area contributed by atoms with Crippen molar-refractivity contribution in [2.45, 2.75) is 47.0 Å². The maximum atomic E-state index is 12.5. The van der Waals surface area contributed by atoms with Gasteiger partial charge in [-0.1, -0.05) is 38.5 Å². The molecule has 22 heavy (non-hydrogen) atoms. The molecule has 122 valence electrons. The number of amides is 2. The Kier molecular flexibility index (Phi) is 7.43. The largest absolute Gasteiger partial charge is 0.370 e. The van der Waals surface area contributed by atoms with Crippen molar-refractivity contribution in [3.63, 3.8) is 0 Å². The van der Waals surface area contributed by atoms with Crippen LogP contribution in [0, 0.1) is 6.92 Å². The number of urea groups is 1. The Morgan fingerprint density at radius 1 is 1.32 bits per heavy atom. The first-order chi connectivity index (χ1) is 10.5. The number of carbonyl (C=O) groups excluding carboxylic acids is 1. The van der Waals surface area contributed by atoms with Crippen LogP contribution in [0.5, 0.6) is 0 Å². The van der Waals surface area contributed by atoms with Gasteiger partial charge in [0, 0.05) is 13.1 Å². The van der Waals surface area contributed by atoms with E-state index in [9.17, 15) is 4.79 Å². The summed E-state index contributed by atoms with van der Waals surface area (Å²) in [5.41, 5.74) is 8.98. The van der Waals surface area contributed by atoms with Crippen molar-refractivity contribution < 1.29 is 4.79 Å². The third kappa shape index (κ3) is 4.76. The molecular weight excluding hydrogens is 276 g/mol. The van der Waals surface area contributed by atoms with Crippen LogP contribution < -0.4 is 16.0 Å². The molecule has 0 bridgehead atoms. The van der Waals surface area contributed by atoms with Gasteiger partial charge in [-0.05, 0) is 37.8 Å². The second kappa shape index (κ2) is 9.07. The molecule has 0 aliphatic rings. The van der Waals surface area contributed by atoms with Gasteiger partial charge in [0.25, 0.3) is 0 Å². The normalized spacial score (nSPS) is 11.4. The van der Waals surface area contributed by atoms with E-state index in [1.807, 2.05) is 26.0 Å². The molecule has 1 aromatic carbocycles. The first kappa shape index (κ1) is 18.0. The highest BCUT2D eigenvalue weighted by Crippen LogP contribution is 2.25. The first-order valence-corrected chi connectivity index (χ1v) is 8.01. The van der Waals surface area contributed by atoms with E-state index >= 15 is 0 Å². The van der Waals surface area contributed by atoms with Crippen molar-refractivity contribution in [3.8, 4) is 0 Å². The summed E-state index contributed by atoms with van der Waals surface area (Å²) in [6.07, 6.45) is 2.89. The molecule has 1 aromatic rings. The maximum Gasteiger partial charge on any atom is 0.328 e. The zero-order chi connectivity index (χ0) is 16.5. The molecule has 5 nitrogen and oxygen atoms in total. The standard InChI is InChI=1S/C17H28N4O/c1-5-8-12-19-16(18)20-17(22)21(7-3)15-13(4)10-9-11-14(15)6-2/h9-11H,5-8,12H2,1-4H3,(H3,18,19,20,22). The van der Waals surface area contributed by atoms with Crippen LogP contribution in [0.3, 0.4) is 0 Å². The molecule has 0 saturated carbocycles. The van der Waals surface area contributed by atoms with Gasteiger partial charge >= 0.3 is 6.03 Å². The predicted molar refractivity (Wildman–Crippen MR) is 93.5 cm³/mol. The molecule has 0 spiro atoms. The monoisotopic (exact) mass is 304 g/mol. The summed E-state index contributed by atoms with van der Waals surface area (Å²) in [6.45, 7) is 9.36. The summed E-state index contributed by atoms with van der Waals surface area (Å²) in [5, 5.41) is 2.68. The molecule has 3 N–H and O–H groups in total. The molecule has 0 unspecified atom stereocenters. The highest BCUT2D eigenvalue weighted by atomic mass is 16.2. The minimum atomic E-state index is -0.232. The van der Waals surface area contributed by atoms with Gasteiger partial charge in [0.1, 0.15) is 0 Å². The molecule has 0 aliphatic heterocycles. The van der Waals surface area contributed by atoms with Gasteiger partial charge in [-0.15, -0.1) is 0 Å². The topological polar surface area (TPSA) is 70.7 Å². The van der Waals surface area contributed by atoms with E-state index in [1.54, 1.807) is 4.90 Å². The lowest BCUT2D eigenvalue weighted by Crippen LogP contribution is -2.46. The number of guanidine groups is 1. The van der Waals surface area contributed by atoms with Gasteiger partial charge in [-0.2, -0.15) is 0 Å². The third-order valence-electron chi connectivity index (χ3n) is 3.56. The molecule has 0 fully saturated rings. The number of nitrogens with two attached hydrogens (primary N) is 1. The fourth-order valence-corrected chi connectivity index (χ4v) is 2.37. The number of rotatable bonds is 6. The fourth-order valence-electron chi connectivity index (χ4n) is 2.37. The SMILES string of the molecule is CCCCN=C(N)NC(=O)N(CC)c1c(C)cccc1CC. The molecule has 0 heterocycles. The lowest BCUT2D eigenvalue weighted by atomic mass is 10.0. The van der Waals surface area contributed by atoms with E-state index in [0.29, 0.717) is 13.1 Å². The minimum absolute atomic E-state index is 0.184. The van der Waals surface area contributed by atoms with Crippen LogP contribution in [0.2, 0.25) is 0 Å². The van der Waals surface area contributed by atoms with Gasteiger partial charge in [-0.3, -0.25) is 15.2 Å². The second-order valence-electron chi connectivity index (χ2n) is 5.23. The van der Waals surface area contributed by atoms with E-state index in [-0.39, 0.29) is 12.0 Å². The summed E-state index contributed by atoms with van der Waals surface area (Å²) < 4.78 is 0. The maximum absolute atomic E-state index is 12.5. The fraction of sp³-hybridized carbons (Fsp3) is 0.529. The van der Waals surface area contributed by atoms with Crippen LogP contribution in [0.4, 0.5) is 10.5 Å². The summed E-state index contributed by atoms with van der Waals surface area (Å²) in [6, 6.07) is 5.86. The number of hydrogen-bond donors (Lipinski definition) is 2. The number of anilines is 1. The van der Waals surface area contributed by atoms with Gasteiger partial charge < -0.3 is 5.73 Å². The van der Waals surface area contributed by atoms with Gasteiger partial charge in [0.2, 0.25) is 0 Å². The van der Waals surface area contributed by atoms with Crippen molar-refractivity contribution in [2.24, 2.45) is 10.7 Å². The van der Waals surface area contributed by atoms with Crippen LogP contribution in [0.15, 0.2) is 23.2 Å². The average molecular weight is 304 g/mol. The van der Waals surface area contributed by atoms with E-state index in [0.717, 1.165) is 36.1 Å². The Morgan fingerprint density at radius 3 is 2.64 bits per heavy atom. The second-order valence-corrected chi connectivity index (χ2v) is 5.23. The number of hydrogen-bond acceptors (Lipinski definition) is 2. The van der Waals surface area contributed by atoms with E-state index in [4.69, 9.17) is 5.73 Å². The third-order valence-corrected chi connectivity index (χ3v) is 3.56. The minimum Gasteiger partial charge on any atom is -0.370 e. The summed E-state index contributed by atoms with van der Waals surface area (Å²) in [5.74, 6) is 0.184. The highest BCUT2D eigenvalue weighted by molar-refractivity contribution is 6.03. The zero-order valence-electron chi connectivity index (χ0n) is 14.1. The highest BCUT2D eigenvalue weighted by Gasteiger charge is 2.19. The van der Waals surface area contributed by atoms with Crippen LogP contribution in [-0.2, 0) is 6.42 Å². The molecule has 1 rings (SSSR count). The number of aryl methyl sites for hydroxylation is 2. The zero-order valence-corrected chi connectivity index (χ0v) is 14.1. The summed E-state index contributed by atoms with van der Waals surface area (Å²) in [7, 11) is 0. The van der Waals surface area contributed by atoms with E-state index < -0.39 is 0 Å². The van der Waals surface area contributed by atoms with E-state index in [1.165, 1.54) is 0 Å². The molecule has 0 aliphatic carbocycles. The summed E-state index contributed by atoms with van der Waals surface area (Å²) in [4.78, 5) is 18.4. The lowest BCUT2D eigenvalue weighted by Gasteiger charge is -2.25. The first-order valence-electron chi connectivity index (χ1n) is 8.01. The molecule has 0 radical (unpaired) electrons. The summed E-state index contributed by atoms with van der Waals surface area (Å²) >= 11 is 0. The van der Waals surface area contributed by atoms with Crippen molar-refractivity contribution in [1.82, 2.24) is 5.32 Å². The number of carbonyl (C=O) groups is 1. The molecule has 2 amide bonds. The number of nitrogens with zero attached hydrogens (tertiary/aromatic N) is 2. The number of unbranched alkanes of at least 4 members (excludes halogenated alkanes) is 1. The quantitative estimate of drug-likeness (QED) is 0.481. The predicted octanol–water partition coefficient (Wildman–Crippen LogP) is 3.21. The van der Waals surface area contributed by atoms with Gasteiger partial charge in [0.05, 0.1) is 5.69 Å². The molecule has 0 saturated heterocycles. The average Bonchev–Trinajstić information content (AvgIpc) is 2.49. The van der Waals surface area contributed by atoms with Crippen LogP contribution >= 0.6 is 0 Å². The number of para-hydroxylation sites is 1. The van der Waals surface area contributed by atoms with Gasteiger partial charge in [-0.25, -0.2) is 4.79 Å². The number of benzene rings is 1. The molecule has 0 aromatic heterocycles. The van der Waals surface area contributed by atoms with Crippen molar-refractivity contribution in [1.29, 1.82) is 0 Å². The Hall–Kier alpha value is -2.04. The van der Waals surface area contributed by atoms with Crippen molar-refractivity contribution in [2.75, 3.05) is 18.0 Å². The Labute approximate surface area is 133 Å². The van der Waals surface area contributed by atoms with Crippen LogP contribution in [-0.4, -0.2) is 25.1 Å². The van der Waals surface area contributed by atoms with Crippen molar-refractivity contribution >= 4 is 17.7 Å². The number of aliphatic imine (C=N–C) groups is 1. The number of nitrogens with one attached hydrogen (secondary N) is 1. The smallest absolute Gasteiger partial charge is 0.328 e. The Morgan fingerprint density at radius 2 is 2.05 bits per heavy atom. The van der Waals surface area contributed by atoms with Crippen LogP contribution in [0.25, 0.3) is 0 Å². The molecule has 5 heteroatoms. The lowest BCUT2D eigenvalue weighted by molar-refractivity contribution is 0.250. The van der Waals surface area contributed by atoms with Crippen LogP contribution in [0.1, 0.15) is 44.7 Å². The molecule has 0 atom stereocenters. The Bertz CT molecular complexity index is 525. The Balaban J connectivity index is 2.92. The van der Waals surface area contributed by atoms with Gasteiger partial charge in [0.15, 0.2) is 5.96 Å². The van der Waals surface area contributed by atoms with Crippen molar-refractivity contribution in [3.05, 3.63) is 29.3 Å².